The SMILES string of the molecule is CNC1c2ccccc2CCC1n1ncc2ccccc21. The second-order valence-electron chi connectivity index (χ2n) is 5.72. The minimum Gasteiger partial charge on any atom is -0.311 e. The molecule has 2 atom stereocenters. The summed E-state index contributed by atoms with van der Waals surface area (Å²) < 4.78 is 2.20. The number of rotatable bonds is 2. The maximum atomic E-state index is 4.67. The van der Waals surface area contributed by atoms with Gasteiger partial charge in [-0.05, 0) is 37.1 Å². The molecule has 1 aliphatic carbocycles. The van der Waals surface area contributed by atoms with E-state index in [1.807, 2.05) is 13.2 Å². The van der Waals surface area contributed by atoms with Crippen LogP contribution in [0.4, 0.5) is 0 Å². The maximum Gasteiger partial charge on any atom is 0.0724 e. The normalized spacial score (nSPS) is 21.4. The Morgan fingerprint density at radius 3 is 2.81 bits per heavy atom. The summed E-state index contributed by atoms with van der Waals surface area (Å²) in [6.07, 6.45) is 4.21. The molecule has 106 valence electrons. The molecule has 1 aliphatic rings. The first-order valence-electron chi connectivity index (χ1n) is 7.56. The number of hydrogen-bond acceptors (Lipinski definition) is 2. The third-order valence-corrected chi connectivity index (χ3v) is 4.61. The molecule has 0 amide bonds. The lowest BCUT2D eigenvalue weighted by Crippen LogP contribution is -2.32. The van der Waals surface area contributed by atoms with Gasteiger partial charge >= 0.3 is 0 Å². The van der Waals surface area contributed by atoms with Gasteiger partial charge in [-0.2, -0.15) is 5.10 Å². The third kappa shape index (κ3) is 1.96. The van der Waals surface area contributed by atoms with Crippen LogP contribution >= 0.6 is 0 Å². The minimum atomic E-state index is 0.318. The number of aryl methyl sites for hydroxylation is 1. The summed E-state index contributed by atoms with van der Waals surface area (Å²) in [6.45, 7) is 0. The summed E-state index contributed by atoms with van der Waals surface area (Å²) in [4.78, 5) is 0. The lowest BCUT2D eigenvalue weighted by Gasteiger charge is -2.34. The van der Waals surface area contributed by atoms with Gasteiger partial charge in [0.05, 0.1) is 23.8 Å². The van der Waals surface area contributed by atoms with Crippen LogP contribution in [0.25, 0.3) is 10.9 Å². The Kier molecular flexibility index (Phi) is 3.00. The van der Waals surface area contributed by atoms with E-state index in [0.29, 0.717) is 12.1 Å². The molecule has 3 heteroatoms. The fourth-order valence-corrected chi connectivity index (χ4v) is 3.61. The number of benzene rings is 2. The van der Waals surface area contributed by atoms with Crippen LogP contribution in [0, 0.1) is 0 Å². The van der Waals surface area contributed by atoms with Crippen molar-refractivity contribution in [2.75, 3.05) is 7.05 Å². The average Bonchev–Trinajstić information content (AvgIpc) is 2.97. The van der Waals surface area contributed by atoms with Crippen LogP contribution in [0.15, 0.2) is 54.7 Å². The van der Waals surface area contributed by atoms with Crippen LogP contribution in [0.3, 0.4) is 0 Å². The van der Waals surface area contributed by atoms with E-state index in [4.69, 9.17) is 0 Å². The van der Waals surface area contributed by atoms with Crippen LogP contribution in [0.2, 0.25) is 0 Å². The number of fused-ring (bicyclic) bond motifs is 2. The van der Waals surface area contributed by atoms with Crippen molar-refractivity contribution in [2.24, 2.45) is 0 Å². The van der Waals surface area contributed by atoms with Crippen LogP contribution < -0.4 is 5.32 Å². The quantitative estimate of drug-likeness (QED) is 0.777. The maximum absolute atomic E-state index is 4.67. The molecular formula is C18H19N3. The van der Waals surface area contributed by atoms with E-state index in [9.17, 15) is 0 Å². The molecular weight excluding hydrogens is 258 g/mol. The van der Waals surface area contributed by atoms with Crippen LogP contribution in [-0.4, -0.2) is 16.8 Å². The molecule has 0 spiro atoms. The Hall–Kier alpha value is -2.13. The lowest BCUT2D eigenvalue weighted by atomic mass is 9.84. The predicted molar refractivity (Wildman–Crippen MR) is 85.3 cm³/mol. The standard InChI is InChI=1S/C18H19N3/c1-19-18-15-8-4-2-6-13(15)10-11-17(18)21-16-9-5-3-7-14(16)12-20-21/h2-9,12,17-19H,10-11H2,1H3. The van der Waals surface area contributed by atoms with E-state index in [1.165, 1.54) is 22.0 Å². The Bertz CT molecular complexity index is 775. The summed E-state index contributed by atoms with van der Waals surface area (Å²) in [5.41, 5.74) is 4.10. The fraction of sp³-hybridized carbons (Fsp3) is 0.278. The Morgan fingerprint density at radius 2 is 1.90 bits per heavy atom. The summed E-state index contributed by atoms with van der Waals surface area (Å²) in [5.74, 6) is 0. The second-order valence-corrected chi connectivity index (χ2v) is 5.72. The summed E-state index contributed by atoms with van der Waals surface area (Å²) in [6, 6.07) is 17.9. The number of nitrogens with one attached hydrogen (secondary N) is 1. The lowest BCUT2D eigenvalue weighted by molar-refractivity contribution is 0.317. The zero-order valence-electron chi connectivity index (χ0n) is 12.2. The molecule has 3 nitrogen and oxygen atoms in total. The average molecular weight is 277 g/mol. The van der Waals surface area contributed by atoms with Gasteiger partial charge in [0.2, 0.25) is 0 Å². The molecule has 0 saturated heterocycles. The molecule has 2 aromatic carbocycles. The Labute approximate surface area is 124 Å². The highest BCUT2D eigenvalue weighted by Crippen LogP contribution is 2.38. The number of nitrogens with zero attached hydrogens (tertiary/aromatic N) is 2. The molecule has 21 heavy (non-hydrogen) atoms. The van der Waals surface area contributed by atoms with Crippen LogP contribution in [0.1, 0.15) is 29.6 Å². The largest absolute Gasteiger partial charge is 0.311 e. The smallest absolute Gasteiger partial charge is 0.0724 e. The van der Waals surface area contributed by atoms with Crippen molar-refractivity contribution in [3.63, 3.8) is 0 Å². The number of para-hydroxylation sites is 1. The highest BCUT2D eigenvalue weighted by Gasteiger charge is 2.30. The van der Waals surface area contributed by atoms with Gasteiger partial charge < -0.3 is 5.32 Å². The zero-order valence-corrected chi connectivity index (χ0v) is 12.2. The van der Waals surface area contributed by atoms with Gasteiger partial charge in [0.15, 0.2) is 0 Å². The molecule has 1 N–H and O–H groups in total. The summed E-state index contributed by atoms with van der Waals surface area (Å²) >= 11 is 0. The van der Waals surface area contributed by atoms with E-state index >= 15 is 0 Å². The monoisotopic (exact) mass is 277 g/mol. The van der Waals surface area contributed by atoms with Crippen molar-refractivity contribution in [3.05, 3.63) is 65.9 Å². The summed E-state index contributed by atoms with van der Waals surface area (Å²) in [7, 11) is 2.05. The van der Waals surface area contributed by atoms with Gasteiger partial charge in [0.25, 0.3) is 0 Å². The van der Waals surface area contributed by atoms with Crippen LogP contribution in [0.5, 0.6) is 0 Å². The summed E-state index contributed by atoms with van der Waals surface area (Å²) in [5, 5.41) is 9.38. The molecule has 0 aliphatic heterocycles. The van der Waals surface area contributed by atoms with Crippen LogP contribution in [-0.2, 0) is 6.42 Å². The van der Waals surface area contributed by atoms with Crippen molar-refractivity contribution in [3.8, 4) is 0 Å². The first kappa shape index (κ1) is 12.6. The molecule has 1 heterocycles. The fourth-order valence-electron chi connectivity index (χ4n) is 3.61. The Morgan fingerprint density at radius 1 is 1.10 bits per heavy atom. The van der Waals surface area contributed by atoms with Gasteiger partial charge in [-0.3, -0.25) is 4.68 Å². The van der Waals surface area contributed by atoms with Gasteiger partial charge in [-0.1, -0.05) is 42.5 Å². The molecule has 0 bridgehead atoms. The topological polar surface area (TPSA) is 29.9 Å². The molecule has 4 rings (SSSR count). The highest BCUT2D eigenvalue weighted by atomic mass is 15.3. The number of aromatic nitrogens is 2. The third-order valence-electron chi connectivity index (χ3n) is 4.61. The molecule has 0 radical (unpaired) electrons. The van der Waals surface area contributed by atoms with Crippen molar-refractivity contribution in [1.29, 1.82) is 0 Å². The first-order chi connectivity index (χ1) is 10.4. The van der Waals surface area contributed by atoms with Gasteiger partial charge in [0.1, 0.15) is 0 Å². The molecule has 1 aromatic heterocycles. The molecule has 3 aromatic rings. The van der Waals surface area contributed by atoms with Crippen molar-refractivity contribution >= 4 is 10.9 Å². The highest BCUT2D eigenvalue weighted by molar-refractivity contribution is 5.78. The van der Waals surface area contributed by atoms with E-state index in [0.717, 1.165) is 12.8 Å². The van der Waals surface area contributed by atoms with Gasteiger partial charge in [-0.15, -0.1) is 0 Å². The first-order valence-corrected chi connectivity index (χ1v) is 7.56. The number of hydrogen-bond donors (Lipinski definition) is 1. The molecule has 0 fully saturated rings. The van der Waals surface area contributed by atoms with E-state index in [1.54, 1.807) is 0 Å². The Balaban J connectivity index is 1.82. The van der Waals surface area contributed by atoms with Gasteiger partial charge in [-0.25, -0.2) is 0 Å². The van der Waals surface area contributed by atoms with Crippen molar-refractivity contribution < 1.29 is 0 Å². The van der Waals surface area contributed by atoms with Crippen molar-refractivity contribution in [2.45, 2.75) is 24.9 Å². The minimum absolute atomic E-state index is 0.318. The zero-order chi connectivity index (χ0) is 14.2. The van der Waals surface area contributed by atoms with E-state index in [2.05, 4.69) is 63.6 Å². The molecule has 0 saturated carbocycles. The van der Waals surface area contributed by atoms with E-state index in [-0.39, 0.29) is 0 Å². The predicted octanol–water partition coefficient (Wildman–Crippen LogP) is 3.48. The molecule has 2 unspecified atom stereocenters. The van der Waals surface area contributed by atoms with Gasteiger partial charge in [0, 0.05) is 5.39 Å². The van der Waals surface area contributed by atoms with Crippen molar-refractivity contribution in [1.82, 2.24) is 15.1 Å². The second kappa shape index (κ2) is 5.01. The number of likely N-dealkylation sites (N-methyl/N-ethyl adjacent to an activating group) is 1. The van der Waals surface area contributed by atoms with E-state index < -0.39 is 0 Å².